The number of fused-ring (bicyclic) bond motifs is 1. The van der Waals surface area contributed by atoms with Crippen molar-refractivity contribution in [2.75, 3.05) is 20.2 Å². The highest BCUT2D eigenvalue weighted by Crippen LogP contribution is 2.41. The lowest BCUT2D eigenvalue weighted by Crippen LogP contribution is -2.28. The fraction of sp³-hybridized carbons (Fsp3) is 0.214. The van der Waals surface area contributed by atoms with Crippen molar-refractivity contribution in [2.24, 2.45) is 0 Å². The van der Waals surface area contributed by atoms with Gasteiger partial charge in [-0.1, -0.05) is 60.7 Å². The zero-order chi connectivity index (χ0) is 23.7. The molecule has 5 rings (SSSR count). The van der Waals surface area contributed by atoms with Gasteiger partial charge in [0.15, 0.2) is 11.3 Å². The van der Waals surface area contributed by atoms with E-state index in [1.165, 1.54) is 30.4 Å². The molecule has 3 aromatic carbocycles. The molecule has 1 aliphatic rings. The van der Waals surface area contributed by atoms with Gasteiger partial charge in [0.1, 0.15) is 5.76 Å². The van der Waals surface area contributed by atoms with Gasteiger partial charge in [0.25, 0.3) is 0 Å². The van der Waals surface area contributed by atoms with E-state index in [-0.39, 0.29) is 11.3 Å². The molecule has 0 unspecified atom stereocenters. The van der Waals surface area contributed by atoms with Crippen LogP contribution in [0.15, 0.2) is 83.3 Å². The molecule has 0 radical (unpaired) electrons. The first-order valence-corrected chi connectivity index (χ1v) is 11.2. The summed E-state index contributed by atoms with van der Waals surface area (Å²) in [7, 11) is 1.53. The summed E-state index contributed by atoms with van der Waals surface area (Å²) in [6.45, 7) is 2.37. The smallest absolute Gasteiger partial charge is 0.417 e. The Morgan fingerprint density at radius 3 is 2.44 bits per heavy atom. The molecular formula is C28H24F3NO2. The molecule has 2 heterocycles. The summed E-state index contributed by atoms with van der Waals surface area (Å²) in [4.78, 5) is 2.32. The summed E-state index contributed by atoms with van der Waals surface area (Å²) in [5.74, 6) is 0.679. The lowest BCUT2D eigenvalue weighted by Gasteiger charge is -2.26. The summed E-state index contributed by atoms with van der Waals surface area (Å²) >= 11 is 0. The van der Waals surface area contributed by atoms with Crippen LogP contribution in [0.25, 0.3) is 27.9 Å². The zero-order valence-electron chi connectivity index (χ0n) is 18.7. The fourth-order valence-corrected chi connectivity index (χ4v) is 4.54. The fourth-order valence-electron chi connectivity index (χ4n) is 4.54. The van der Waals surface area contributed by atoms with Crippen LogP contribution < -0.4 is 4.74 Å². The second-order valence-electron chi connectivity index (χ2n) is 8.40. The van der Waals surface area contributed by atoms with Crippen molar-refractivity contribution in [2.45, 2.75) is 19.1 Å². The van der Waals surface area contributed by atoms with Crippen LogP contribution >= 0.6 is 0 Å². The van der Waals surface area contributed by atoms with E-state index in [0.29, 0.717) is 17.9 Å². The SMILES string of the molecule is COc1ccc(CN2CC=C(c3ccccc3)CC2)c2cc(-c3ccccc3C(F)(F)F)oc12. The van der Waals surface area contributed by atoms with E-state index in [1.54, 1.807) is 12.1 Å². The second kappa shape index (κ2) is 9.03. The first-order valence-electron chi connectivity index (χ1n) is 11.2. The van der Waals surface area contributed by atoms with Gasteiger partial charge in [0, 0.05) is 30.6 Å². The minimum Gasteiger partial charge on any atom is -0.493 e. The Balaban J connectivity index is 1.47. The predicted molar refractivity (Wildman–Crippen MR) is 128 cm³/mol. The highest BCUT2D eigenvalue weighted by atomic mass is 19.4. The monoisotopic (exact) mass is 463 g/mol. The lowest BCUT2D eigenvalue weighted by molar-refractivity contribution is -0.137. The minimum atomic E-state index is -4.47. The third-order valence-corrected chi connectivity index (χ3v) is 6.29. The summed E-state index contributed by atoms with van der Waals surface area (Å²) < 4.78 is 52.2. The van der Waals surface area contributed by atoms with Crippen LogP contribution in [0.3, 0.4) is 0 Å². The number of hydrogen-bond donors (Lipinski definition) is 0. The number of methoxy groups -OCH3 is 1. The van der Waals surface area contributed by atoms with Crippen molar-refractivity contribution in [1.29, 1.82) is 0 Å². The minimum absolute atomic E-state index is 0.0209. The molecule has 1 aliphatic heterocycles. The number of furan rings is 1. The molecule has 1 aromatic heterocycles. The maximum atomic E-state index is 13.6. The lowest BCUT2D eigenvalue weighted by atomic mass is 9.99. The molecule has 4 aromatic rings. The normalized spacial score (nSPS) is 14.9. The Kier molecular flexibility index (Phi) is 5.92. The molecule has 0 saturated carbocycles. The maximum Gasteiger partial charge on any atom is 0.417 e. The Labute approximate surface area is 196 Å². The van der Waals surface area contributed by atoms with Gasteiger partial charge in [-0.3, -0.25) is 4.90 Å². The van der Waals surface area contributed by atoms with Gasteiger partial charge in [-0.2, -0.15) is 13.2 Å². The quantitative estimate of drug-likeness (QED) is 0.308. The van der Waals surface area contributed by atoms with Gasteiger partial charge in [0.2, 0.25) is 0 Å². The molecule has 0 saturated heterocycles. The Bertz CT molecular complexity index is 1340. The first kappa shape index (κ1) is 22.3. The number of alkyl halides is 3. The van der Waals surface area contributed by atoms with Gasteiger partial charge in [-0.25, -0.2) is 0 Å². The number of nitrogens with zero attached hydrogens (tertiary/aromatic N) is 1. The summed E-state index contributed by atoms with van der Waals surface area (Å²) in [6, 6.07) is 21.3. The molecule has 34 heavy (non-hydrogen) atoms. The molecule has 0 bridgehead atoms. The second-order valence-corrected chi connectivity index (χ2v) is 8.40. The largest absolute Gasteiger partial charge is 0.493 e. The number of rotatable bonds is 5. The highest BCUT2D eigenvalue weighted by Gasteiger charge is 2.34. The van der Waals surface area contributed by atoms with Crippen molar-refractivity contribution in [1.82, 2.24) is 4.90 Å². The van der Waals surface area contributed by atoms with Crippen LogP contribution in [0, 0.1) is 0 Å². The van der Waals surface area contributed by atoms with Crippen LogP contribution in [0.5, 0.6) is 5.75 Å². The summed E-state index contributed by atoms with van der Waals surface area (Å²) in [5, 5.41) is 0.768. The molecule has 0 N–H and O–H groups in total. The molecule has 0 spiro atoms. The summed E-state index contributed by atoms with van der Waals surface area (Å²) in [5.41, 5.74) is 3.34. The third-order valence-electron chi connectivity index (χ3n) is 6.29. The van der Waals surface area contributed by atoms with E-state index in [1.807, 2.05) is 30.3 Å². The Morgan fingerprint density at radius 1 is 0.971 bits per heavy atom. The van der Waals surface area contributed by atoms with Crippen molar-refractivity contribution in [3.63, 3.8) is 0 Å². The van der Waals surface area contributed by atoms with Crippen LogP contribution in [0.4, 0.5) is 13.2 Å². The van der Waals surface area contributed by atoms with E-state index < -0.39 is 11.7 Å². The van der Waals surface area contributed by atoms with E-state index in [2.05, 4.69) is 23.1 Å². The van der Waals surface area contributed by atoms with Gasteiger partial charge in [-0.05, 0) is 41.3 Å². The van der Waals surface area contributed by atoms with Gasteiger partial charge >= 0.3 is 6.18 Å². The highest BCUT2D eigenvalue weighted by molar-refractivity contribution is 5.90. The first-order chi connectivity index (χ1) is 16.4. The van der Waals surface area contributed by atoms with Crippen LogP contribution in [0.1, 0.15) is 23.1 Å². The zero-order valence-corrected chi connectivity index (χ0v) is 18.7. The standard InChI is InChI=1S/C28H24F3NO2/c1-33-25-12-11-21(18-32-15-13-20(14-16-32)19-7-3-2-4-8-19)23-17-26(34-27(23)25)22-9-5-6-10-24(22)28(29,30)31/h2-13,17H,14-16,18H2,1H3. The molecule has 0 aliphatic carbocycles. The number of halogens is 3. The predicted octanol–water partition coefficient (Wildman–Crippen LogP) is 7.42. The van der Waals surface area contributed by atoms with Crippen molar-refractivity contribution in [3.8, 4) is 17.1 Å². The van der Waals surface area contributed by atoms with E-state index in [4.69, 9.17) is 9.15 Å². The Hall–Kier alpha value is -3.51. The average molecular weight is 463 g/mol. The molecular weight excluding hydrogens is 439 g/mol. The van der Waals surface area contributed by atoms with Crippen molar-refractivity contribution in [3.05, 3.63) is 95.6 Å². The van der Waals surface area contributed by atoms with Crippen molar-refractivity contribution >= 4 is 16.5 Å². The number of ether oxygens (including phenoxy) is 1. The summed E-state index contributed by atoms with van der Waals surface area (Å²) in [6.07, 6.45) is -1.28. The number of hydrogen-bond acceptors (Lipinski definition) is 3. The van der Waals surface area contributed by atoms with Gasteiger partial charge in [0.05, 0.1) is 12.7 Å². The number of benzene rings is 3. The molecule has 0 fully saturated rings. The third kappa shape index (κ3) is 4.33. The molecule has 174 valence electrons. The van der Waals surface area contributed by atoms with E-state index in [0.717, 1.165) is 36.5 Å². The molecule has 0 atom stereocenters. The van der Waals surface area contributed by atoms with E-state index >= 15 is 0 Å². The van der Waals surface area contributed by atoms with E-state index in [9.17, 15) is 13.2 Å². The molecule has 3 nitrogen and oxygen atoms in total. The average Bonchev–Trinajstić information content (AvgIpc) is 3.31. The van der Waals surface area contributed by atoms with Crippen LogP contribution in [-0.2, 0) is 12.7 Å². The van der Waals surface area contributed by atoms with Crippen molar-refractivity contribution < 1.29 is 22.3 Å². The molecule has 0 amide bonds. The molecule has 6 heteroatoms. The van der Waals surface area contributed by atoms with Crippen LogP contribution in [0.2, 0.25) is 0 Å². The topological polar surface area (TPSA) is 25.6 Å². The van der Waals surface area contributed by atoms with Gasteiger partial charge in [-0.15, -0.1) is 0 Å². The van der Waals surface area contributed by atoms with Crippen LogP contribution in [-0.4, -0.2) is 25.1 Å². The maximum absolute atomic E-state index is 13.6. The Morgan fingerprint density at radius 2 is 1.74 bits per heavy atom. The van der Waals surface area contributed by atoms with Gasteiger partial charge < -0.3 is 9.15 Å².